The molecular weight excluding hydrogens is 410 g/mol. The zero-order chi connectivity index (χ0) is 21.6. The van der Waals surface area contributed by atoms with Crippen LogP contribution in [0.1, 0.15) is 12.5 Å². The third kappa shape index (κ3) is 4.59. The number of rotatable bonds is 7. The number of phenols is 1. The molecule has 0 saturated carbocycles. The number of carbonyl (C=O) groups excluding carboxylic acids is 1. The number of nitrogens with one attached hydrogen (secondary N) is 1. The van der Waals surface area contributed by atoms with Crippen molar-refractivity contribution >= 4 is 34.7 Å². The Morgan fingerprint density at radius 2 is 1.87 bits per heavy atom. The first-order chi connectivity index (χ1) is 15.2. The molecule has 4 rings (SSSR count). The van der Waals surface area contributed by atoms with Crippen molar-refractivity contribution in [3.05, 3.63) is 72.3 Å². The van der Waals surface area contributed by atoms with Crippen molar-refractivity contribution in [1.29, 1.82) is 0 Å². The van der Waals surface area contributed by atoms with Gasteiger partial charge in [-0.05, 0) is 23.8 Å². The van der Waals surface area contributed by atoms with E-state index in [9.17, 15) is 9.90 Å². The molecule has 0 spiro atoms. The Balaban J connectivity index is 1.41. The lowest BCUT2D eigenvalue weighted by atomic mass is 10.0. The number of hydrazone groups is 1. The molecule has 31 heavy (non-hydrogen) atoms. The predicted molar refractivity (Wildman–Crippen MR) is 123 cm³/mol. The first kappa shape index (κ1) is 20.6. The molecular formula is C23H21N5O2S. The fourth-order valence-corrected chi connectivity index (χ4v) is 4.03. The molecule has 0 aliphatic rings. The molecule has 2 N–H and O–H groups in total. The minimum Gasteiger partial charge on any atom is -0.507 e. The Labute approximate surface area is 183 Å². The second-order valence-corrected chi connectivity index (χ2v) is 7.66. The Bertz CT molecular complexity index is 1240. The number of aromatic hydroxyl groups is 1. The maximum atomic E-state index is 12.3. The fraction of sp³-hybridized carbons (Fsp3) is 0.130. The number of phenolic OH excluding ortho intramolecular Hbond substituents is 1. The third-order valence-electron chi connectivity index (χ3n) is 4.73. The van der Waals surface area contributed by atoms with E-state index in [-0.39, 0.29) is 17.4 Å². The fourth-order valence-electron chi connectivity index (χ4n) is 3.23. The summed E-state index contributed by atoms with van der Waals surface area (Å²) in [4.78, 5) is 12.3. The molecule has 1 amide bonds. The number of benzene rings is 3. The zero-order valence-electron chi connectivity index (χ0n) is 16.9. The minimum absolute atomic E-state index is 0.107. The second-order valence-electron chi connectivity index (χ2n) is 6.72. The summed E-state index contributed by atoms with van der Waals surface area (Å²) in [6.07, 6.45) is 1.46. The van der Waals surface area contributed by atoms with E-state index >= 15 is 0 Å². The standard InChI is InChI=1S/C23H21N5O2S/c1-2-28-22(17-9-4-3-5-10-17)26-27-23(28)31-15-21(30)25-24-14-19-18-11-7-6-8-16(18)12-13-20(19)29/h3-14,29H,2,15H2,1H3,(H,25,30). The molecule has 156 valence electrons. The highest BCUT2D eigenvalue weighted by atomic mass is 32.2. The SMILES string of the molecule is CCn1c(SCC(=O)NN=Cc2c(O)ccc3ccccc23)nnc1-c1ccccc1. The molecule has 0 saturated heterocycles. The van der Waals surface area contributed by atoms with Gasteiger partial charge in [0.15, 0.2) is 11.0 Å². The number of hydrogen-bond donors (Lipinski definition) is 2. The van der Waals surface area contributed by atoms with Crippen molar-refractivity contribution in [2.75, 3.05) is 5.75 Å². The first-order valence-corrected chi connectivity index (χ1v) is 10.8. The maximum absolute atomic E-state index is 12.3. The number of thioether (sulfide) groups is 1. The van der Waals surface area contributed by atoms with Crippen molar-refractivity contribution in [3.8, 4) is 17.1 Å². The molecule has 0 atom stereocenters. The monoisotopic (exact) mass is 431 g/mol. The normalized spacial score (nSPS) is 11.3. The van der Waals surface area contributed by atoms with Crippen LogP contribution >= 0.6 is 11.8 Å². The Hall–Kier alpha value is -3.65. The van der Waals surface area contributed by atoms with Crippen molar-refractivity contribution < 1.29 is 9.90 Å². The van der Waals surface area contributed by atoms with E-state index in [1.807, 2.05) is 72.2 Å². The summed E-state index contributed by atoms with van der Waals surface area (Å²) < 4.78 is 1.98. The third-order valence-corrected chi connectivity index (χ3v) is 5.69. The van der Waals surface area contributed by atoms with Crippen LogP contribution in [0.3, 0.4) is 0 Å². The smallest absolute Gasteiger partial charge is 0.250 e. The average molecular weight is 432 g/mol. The molecule has 0 bridgehead atoms. The van der Waals surface area contributed by atoms with E-state index in [1.165, 1.54) is 18.0 Å². The van der Waals surface area contributed by atoms with Crippen LogP contribution in [0.25, 0.3) is 22.2 Å². The summed E-state index contributed by atoms with van der Waals surface area (Å²) in [5.74, 6) is 0.755. The second kappa shape index (κ2) is 9.44. The van der Waals surface area contributed by atoms with Gasteiger partial charge in [-0.25, -0.2) is 5.43 Å². The van der Waals surface area contributed by atoms with Gasteiger partial charge in [0.25, 0.3) is 5.91 Å². The summed E-state index contributed by atoms with van der Waals surface area (Å²) in [5.41, 5.74) is 4.05. The maximum Gasteiger partial charge on any atom is 0.250 e. The van der Waals surface area contributed by atoms with Gasteiger partial charge in [0, 0.05) is 17.7 Å². The molecule has 7 nitrogen and oxygen atoms in total. The van der Waals surface area contributed by atoms with E-state index < -0.39 is 0 Å². The van der Waals surface area contributed by atoms with E-state index in [4.69, 9.17) is 0 Å². The number of aromatic nitrogens is 3. The summed E-state index contributed by atoms with van der Waals surface area (Å²) in [7, 11) is 0. The summed E-state index contributed by atoms with van der Waals surface area (Å²) in [6, 6.07) is 20.9. The number of hydrogen-bond acceptors (Lipinski definition) is 6. The molecule has 8 heteroatoms. The first-order valence-electron chi connectivity index (χ1n) is 9.81. The van der Waals surface area contributed by atoms with Crippen LogP contribution in [-0.4, -0.2) is 37.7 Å². The van der Waals surface area contributed by atoms with Gasteiger partial charge in [0.1, 0.15) is 5.75 Å². The van der Waals surface area contributed by atoms with E-state index in [0.717, 1.165) is 22.2 Å². The van der Waals surface area contributed by atoms with Gasteiger partial charge in [-0.1, -0.05) is 72.4 Å². The lowest BCUT2D eigenvalue weighted by Gasteiger charge is -2.07. The van der Waals surface area contributed by atoms with Crippen molar-refractivity contribution in [2.24, 2.45) is 5.10 Å². The topological polar surface area (TPSA) is 92.4 Å². The van der Waals surface area contributed by atoms with Crippen molar-refractivity contribution in [3.63, 3.8) is 0 Å². The lowest BCUT2D eigenvalue weighted by Crippen LogP contribution is -2.20. The van der Waals surface area contributed by atoms with Gasteiger partial charge in [-0.15, -0.1) is 10.2 Å². The van der Waals surface area contributed by atoms with Crippen LogP contribution in [0.15, 0.2) is 77.0 Å². The molecule has 0 unspecified atom stereocenters. The highest BCUT2D eigenvalue weighted by molar-refractivity contribution is 7.99. The highest BCUT2D eigenvalue weighted by Gasteiger charge is 2.14. The molecule has 0 aliphatic carbocycles. The quantitative estimate of drug-likeness (QED) is 0.261. The molecule has 4 aromatic rings. The zero-order valence-corrected chi connectivity index (χ0v) is 17.7. The molecule has 1 aromatic heterocycles. The molecule has 0 aliphatic heterocycles. The largest absolute Gasteiger partial charge is 0.507 e. The predicted octanol–water partition coefficient (Wildman–Crippen LogP) is 4.07. The van der Waals surface area contributed by atoms with Crippen molar-refractivity contribution in [2.45, 2.75) is 18.6 Å². The van der Waals surface area contributed by atoms with Crippen LogP contribution in [0, 0.1) is 0 Å². The molecule has 0 fully saturated rings. The van der Waals surface area contributed by atoms with Crippen LogP contribution in [-0.2, 0) is 11.3 Å². The summed E-state index contributed by atoms with van der Waals surface area (Å²) >= 11 is 1.30. The number of fused-ring (bicyclic) bond motifs is 1. The number of nitrogens with zero attached hydrogens (tertiary/aromatic N) is 4. The van der Waals surface area contributed by atoms with Gasteiger partial charge in [-0.3, -0.25) is 4.79 Å². The highest BCUT2D eigenvalue weighted by Crippen LogP contribution is 2.26. The van der Waals surface area contributed by atoms with E-state index in [2.05, 4.69) is 20.7 Å². The Morgan fingerprint density at radius 1 is 1.10 bits per heavy atom. The number of amides is 1. The van der Waals surface area contributed by atoms with Gasteiger partial charge in [0.2, 0.25) is 0 Å². The van der Waals surface area contributed by atoms with E-state index in [0.29, 0.717) is 17.3 Å². The summed E-state index contributed by atoms with van der Waals surface area (Å²) in [5, 5.41) is 25.2. The van der Waals surface area contributed by atoms with Gasteiger partial charge >= 0.3 is 0 Å². The van der Waals surface area contributed by atoms with Crippen LogP contribution in [0.5, 0.6) is 5.75 Å². The minimum atomic E-state index is -0.270. The molecule has 3 aromatic carbocycles. The average Bonchev–Trinajstić information content (AvgIpc) is 3.22. The Morgan fingerprint density at radius 3 is 2.68 bits per heavy atom. The van der Waals surface area contributed by atoms with Gasteiger partial charge < -0.3 is 9.67 Å². The van der Waals surface area contributed by atoms with Gasteiger partial charge in [0.05, 0.1) is 12.0 Å². The van der Waals surface area contributed by atoms with Crippen molar-refractivity contribution in [1.82, 2.24) is 20.2 Å². The lowest BCUT2D eigenvalue weighted by molar-refractivity contribution is -0.118. The molecule has 0 radical (unpaired) electrons. The summed E-state index contributed by atoms with van der Waals surface area (Å²) in [6.45, 7) is 2.71. The molecule has 1 heterocycles. The van der Waals surface area contributed by atoms with Gasteiger partial charge in [-0.2, -0.15) is 5.10 Å². The number of carbonyl (C=O) groups is 1. The van der Waals surface area contributed by atoms with Crippen LogP contribution in [0.4, 0.5) is 0 Å². The van der Waals surface area contributed by atoms with Crippen LogP contribution < -0.4 is 5.43 Å². The Kier molecular flexibility index (Phi) is 6.28. The van der Waals surface area contributed by atoms with E-state index in [1.54, 1.807) is 6.07 Å². The van der Waals surface area contributed by atoms with Crippen LogP contribution in [0.2, 0.25) is 0 Å².